The molecule has 0 spiro atoms. The first-order valence-corrected chi connectivity index (χ1v) is 8.83. The summed E-state index contributed by atoms with van der Waals surface area (Å²) < 4.78 is 0. The molecule has 2 rings (SSSR count). The number of hydrogen-bond donors (Lipinski definition) is 0. The molecule has 27 heavy (non-hydrogen) atoms. The molecular weight excluding hydrogens is 377 g/mol. The second-order valence-corrected chi connectivity index (χ2v) is 6.11. The number of benzene rings is 2. The number of carbonyl (C=O) groups excluding carboxylic acids is 1. The van der Waals surface area contributed by atoms with Crippen LogP contribution < -0.4 is 0 Å². The summed E-state index contributed by atoms with van der Waals surface area (Å²) in [4.78, 5) is 16.8. The number of aliphatic imine (C=N–C) groups is 1. The second kappa shape index (κ2) is 16.4. The summed E-state index contributed by atoms with van der Waals surface area (Å²) in [5.74, 6) is 0.602. The van der Waals surface area contributed by atoms with Gasteiger partial charge >= 0.3 is 16.5 Å². The molecule has 3 heteroatoms. The topological polar surface area (TPSA) is 29.4 Å². The van der Waals surface area contributed by atoms with Gasteiger partial charge in [0.15, 0.2) is 5.78 Å². The summed E-state index contributed by atoms with van der Waals surface area (Å²) in [6.45, 7) is 10.1. The van der Waals surface area contributed by atoms with Gasteiger partial charge < -0.3 is 20.8 Å². The van der Waals surface area contributed by atoms with E-state index in [2.05, 4.69) is 18.8 Å². The van der Waals surface area contributed by atoms with Crippen LogP contribution in [0, 0.1) is 32.6 Å². The van der Waals surface area contributed by atoms with E-state index in [9.17, 15) is 4.79 Å². The number of nitrogens with zero attached hydrogens (tertiary/aromatic N) is 1. The summed E-state index contributed by atoms with van der Waals surface area (Å²) in [5.41, 5.74) is 1.71. The monoisotopic (exact) mass is 408 g/mol. The molecule has 2 nitrogen and oxygen atoms in total. The maximum Gasteiger partial charge on any atom is 3.00 e. The number of ketones is 1. The first kappa shape index (κ1) is 27.5. The van der Waals surface area contributed by atoms with Gasteiger partial charge in [-0.2, -0.15) is 20.3 Å². The summed E-state index contributed by atoms with van der Waals surface area (Å²) in [5, 5.41) is 0. The smallest absolute Gasteiger partial charge is 0.358 e. The molecule has 1 radical (unpaired) electrons. The van der Waals surface area contributed by atoms with Crippen LogP contribution in [0.4, 0.5) is 5.69 Å². The quantitative estimate of drug-likeness (QED) is 0.214. The molecule has 0 aliphatic carbocycles. The van der Waals surface area contributed by atoms with Crippen molar-refractivity contribution in [3.05, 3.63) is 87.0 Å². The van der Waals surface area contributed by atoms with E-state index in [0.717, 1.165) is 17.7 Å². The summed E-state index contributed by atoms with van der Waals surface area (Å²) in [6, 6.07) is 19.3. The zero-order chi connectivity index (χ0) is 18.5. The Morgan fingerprint density at radius 1 is 1.07 bits per heavy atom. The van der Waals surface area contributed by atoms with Gasteiger partial charge in [0.25, 0.3) is 0 Å². The van der Waals surface area contributed by atoms with Crippen LogP contribution in [0.1, 0.15) is 44.0 Å². The average Bonchev–Trinajstić information content (AvgIpc) is 2.64. The Labute approximate surface area is 176 Å². The number of Topliss-reactive ketones (excluding diaryl/α,β-unsaturated/α-hetero) is 1. The molecule has 0 aliphatic rings. The predicted molar refractivity (Wildman–Crippen MR) is 115 cm³/mol. The van der Waals surface area contributed by atoms with Gasteiger partial charge in [0.2, 0.25) is 0 Å². The number of hydrogen-bond acceptors (Lipinski definition) is 2. The third-order valence-corrected chi connectivity index (χ3v) is 3.84. The Morgan fingerprint density at radius 2 is 1.56 bits per heavy atom. The van der Waals surface area contributed by atoms with E-state index in [1.54, 1.807) is 0 Å². The summed E-state index contributed by atoms with van der Waals surface area (Å²) in [6.07, 6.45) is 5.19. The first-order chi connectivity index (χ1) is 12.1. The van der Waals surface area contributed by atoms with Crippen molar-refractivity contribution in [3.8, 4) is 0 Å². The molecule has 0 saturated carbocycles. The van der Waals surface area contributed by atoms with E-state index < -0.39 is 0 Å². The van der Waals surface area contributed by atoms with Crippen LogP contribution in [-0.4, -0.2) is 12.0 Å². The third-order valence-electron chi connectivity index (χ3n) is 3.84. The van der Waals surface area contributed by atoms with E-state index in [4.69, 9.17) is 0 Å². The Hall–Kier alpha value is -1.73. The molecule has 2 aromatic rings. The molecule has 0 amide bonds. The number of rotatable bonds is 7. The first-order valence-electron chi connectivity index (χ1n) is 8.83. The van der Waals surface area contributed by atoms with Crippen LogP contribution in [0.15, 0.2) is 65.7 Å². The maximum absolute atomic E-state index is 12.3. The van der Waals surface area contributed by atoms with Crippen LogP contribution >= 0.6 is 0 Å². The minimum atomic E-state index is 0. The zero-order valence-electron chi connectivity index (χ0n) is 16.9. The molecule has 0 saturated heterocycles. The van der Waals surface area contributed by atoms with Crippen LogP contribution in [-0.2, 0) is 16.5 Å². The van der Waals surface area contributed by atoms with Crippen LogP contribution in [0.3, 0.4) is 0 Å². The fourth-order valence-corrected chi connectivity index (χ4v) is 2.39. The molecule has 2 aromatic carbocycles. The molecule has 0 aromatic heterocycles. The van der Waals surface area contributed by atoms with Crippen LogP contribution in [0.5, 0.6) is 0 Å². The van der Waals surface area contributed by atoms with Gasteiger partial charge in [-0.3, -0.25) is 9.79 Å². The zero-order valence-corrected chi connectivity index (χ0v) is 17.9. The Bertz CT molecular complexity index is 625. The molecular formula is C24H32NNiO. The minimum absolute atomic E-state index is 0. The fourth-order valence-electron chi connectivity index (χ4n) is 2.39. The van der Waals surface area contributed by atoms with Crippen molar-refractivity contribution in [1.29, 1.82) is 0 Å². The van der Waals surface area contributed by atoms with Gasteiger partial charge in [0.05, 0.1) is 5.69 Å². The normalized spacial score (nSPS) is 12.0. The van der Waals surface area contributed by atoms with Crippen molar-refractivity contribution in [2.24, 2.45) is 16.8 Å². The second-order valence-electron chi connectivity index (χ2n) is 6.11. The minimum Gasteiger partial charge on any atom is -0.358 e. The maximum atomic E-state index is 12.3. The van der Waals surface area contributed by atoms with Crippen molar-refractivity contribution in [1.82, 2.24) is 0 Å². The molecule has 0 bridgehead atoms. The van der Waals surface area contributed by atoms with Crippen LogP contribution in [0.25, 0.3) is 0 Å². The van der Waals surface area contributed by atoms with Gasteiger partial charge in [-0.1, -0.05) is 55.5 Å². The molecule has 0 N–H and O–H groups in total. The number of para-hydroxylation sites is 1. The van der Waals surface area contributed by atoms with Crippen molar-refractivity contribution in [3.63, 3.8) is 0 Å². The van der Waals surface area contributed by atoms with Crippen molar-refractivity contribution >= 4 is 17.7 Å². The van der Waals surface area contributed by atoms with Gasteiger partial charge in [0, 0.05) is 18.2 Å². The van der Waals surface area contributed by atoms with E-state index in [1.165, 1.54) is 0 Å². The van der Waals surface area contributed by atoms with E-state index >= 15 is 0 Å². The largest absolute Gasteiger partial charge is 3.00 e. The Kier molecular flexibility index (Phi) is 16.7. The van der Waals surface area contributed by atoms with E-state index in [-0.39, 0.29) is 41.5 Å². The predicted octanol–water partition coefficient (Wildman–Crippen LogP) is 6.82. The van der Waals surface area contributed by atoms with Gasteiger partial charge in [-0.25, -0.2) is 0 Å². The summed E-state index contributed by atoms with van der Waals surface area (Å²) >= 11 is 0. The average molecular weight is 409 g/mol. The Balaban J connectivity index is 0. The molecule has 149 valence electrons. The van der Waals surface area contributed by atoms with Gasteiger partial charge in [-0.05, 0) is 24.0 Å². The molecule has 2 atom stereocenters. The van der Waals surface area contributed by atoms with E-state index in [0.29, 0.717) is 6.42 Å². The van der Waals surface area contributed by atoms with Gasteiger partial charge in [-0.15, -0.1) is 0 Å². The Morgan fingerprint density at radius 3 is 2.04 bits per heavy atom. The van der Waals surface area contributed by atoms with Crippen molar-refractivity contribution in [2.75, 3.05) is 0 Å². The standard InChI is InChI=1S/C20H22NO.C3H7.CH3.Ni/c1-3-17(15-21-19-12-8-5-9-13-19)16(2)14-20(22)18-10-6-4-7-11-18;1-3-2;;/h4-13,15-17H,1,3,14H2,2H3;3H,1-2H3;1H3;/q3*-1;+3/t16-,17-;;;/m0.../s1. The molecule has 0 fully saturated rings. The summed E-state index contributed by atoms with van der Waals surface area (Å²) in [7, 11) is 0. The van der Waals surface area contributed by atoms with Crippen molar-refractivity contribution in [2.45, 2.75) is 33.6 Å². The van der Waals surface area contributed by atoms with Gasteiger partial charge in [0.1, 0.15) is 0 Å². The molecule has 0 unspecified atom stereocenters. The SMILES string of the molecule is C[CH-]C.[CH2-]C[C@@H](C=Nc1ccccc1)[C@@H](C)CC(=O)c1ccccc1.[CH3-].[Ni+3]. The fraction of sp³-hybridized carbons (Fsp3) is 0.292. The third kappa shape index (κ3) is 10.9. The van der Waals surface area contributed by atoms with Crippen LogP contribution in [0.2, 0.25) is 0 Å². The number of carbonyl (C=O) groups is 1. The molecule has 0 heterocycles. The van der Waals surface area contributed by atoms with E-state index in [1.807, 2.05) is 87.1 Å². The molecule has 0 aliphatic heterocycles. The van der Waals surface area contributed by atoms with Crippen molar-refractivity contribution < 1.29 is 21.3 Å².